The SMILES string of the molecule is C1CCNCC1.Cc1cc(-c2ccc(Br)cc2)nc2sc(C(=O)O)c(N=CN(C)C)c12. The fourth-order valence-electron chi connectivity index (χ4n) is 3.28. The van der Waals surface area contributed by atoms with Crippen LogP contribution in [0.4, 0.5) is 5.69 Å². The molecule has 0 bridgehead atoms. The van der Waals surface area contributed by atoms with Crippen LogP contribution >= 0.6 is 27.3 Å². The quantitative estimate of drug-likeness (QED) is 0.352. The lowest BCUT2D eigenvalue weighted by Gasteiger charge is -2.08. The van der Waals surface area contributed by atoms with Gasteiger partial charge in [0, 0.05) is 29.5 Å². The lowest BCUT2D eigenvalue weighted by Crippen LogP contribution is -2.21. The molecule has 0 radical (unpaired) electrons. The highest BCUT2D eigenvalue weighted by Crippen LogP contribution is 2.40. The van der Waals surface area contributed by atoms with Crippen molar-refractivity contribution in [3.63, 3.8) is 0 Å². The zero-order chi connectivity index (χ0) is 22.4. The van der Waals surface area contributed by atoms with Crippen molar-refractivity contribution in [2.24, 2.45) is 4.99 Å². The molecule has 0 aliphatic carbocycles. The second-order valence-electron chi connectivity index (χ2n) is 7.62. The Balaban J connectivity index is 0.000000391. The van der Waals surface area contributed by atoms with Crippen LogP contribution in [0.2, 0.25) is 0 Å². The monoisotopic (exact) mass is 502 g/mol. The summed E-state index contributed by atoms with van der Waals surface area (Å²) in [5, 5.41) is 13.6. The summed E-state index contributed by atoms with van der Waals surface area (Å²) in [5.74, 6) is -0.988. The molecule has 31 heavy (non-hydrogen) atoms. The molecule has 3 heterocycles. The van der Waals surface area contributed by atoms with Crippen molar-refractivity contribution in [3.05, 3.63) is 45.2 Å². The topological polar surface area (TPSA) is 77.8 Å². The molecule has 2 aromatic heterocycles. The Labute approximate surface area is 195 Å². The standard InChI is InChI=1S/C18H16BrN3O2S.C5H11N/c1-10-8-13(11-4-6-12(19)7-5-11)21-17-14(10)15(20-9-22(2)3)16(25-17)18(23)24;1-2-4-6-5-3-1/h4-9H,1-3H3,(H,23,24);6H,1-5H2. The van der Waals surface area contributed by atoms with Crippen molar-refractivity contribution >= 4 is 55.5 Å². The summed E-state index contributed by atoms with van der Waals surface area (Å²) in [6.45, 7) is 4.46. The average Bonchev–Trinajstić information content (AvgIpc) is 3.14. The molecule has 3 aromatic rings. The molecule has 0 spiro atoms. The summed E-state index contributed by atoms with van der Waals surface area (Å²) in [5.41, 5.74) is 3.22. The first-order chi connectivity index (χ1) is 14.9. The number of piperidine rings is 1. The largest absolute Gasteiger partial charge is 0.477 e. The highest BCUT2D eigenvalue weighted by Gasteiger charge is 2.20. The number of aryl methyl sites for hydroxylation is 1. The maximum atomic E-state index is 11.6. The van der Waals surface area contributed by atoms with Gasteiger partial charge in [-0.25, -0.2) is 14.8 Å². The van der Waals surface area contributed by atoms with Crippen LogP contribution in [0.25, 0.3) is 21.5 Å². The maximum absolute atomic E-state index is 11.6. The Hall–Kier alpha value is -2.29. The fraction of sp³-hybridized carbons (Fsp3) is 0.348. The predicted molar refractivity (Wildman–Crippen MR) is 133 cm³/mol. The van der Waals surface area contributed by atoms with E-state index in [1.807, 2.05) is 51.4 Å². The summed E-state index contributed by atoms with van der Waals surface area (Å²) < 4.78 is 0.999. The van der Waals surface area contributed by atoms with Gasteiger partial charge in [-0.15, -0.1) is 11.3 Å². The van der Waals surface area contributed by atoms with Crippen LogP contribution < -0.4 is 5.32 Å². The first kappa shape index (κ1) is 23.4. The maximum Gasteiger partial charge on any atom is 0.348 e. The van der Waals surface area contributed by atoms with E-state index in [9.17, 15) is 9.90 Å². The summed E-state index contributed by atoms with van der Waals surface area (Å²) in [6, 6.07) is 9.85. The molecule has 0 saturated carbocycles. The lowest BCUT2D eigenvalue weighted by molar-refractivity contribution is 0.0703. The molecule has 1 aliphatic rings. The summed E-state index contributed by atoms with van der Waals surface area (Å²) in [6.07, 6.45) is 5.82. The Bertz CT molecular complexity index is 1060. The van der Waals surface area contributed by atoms with E-state index in [-0.39, 0.29) is 4.88 Å². The Morgan fingerprint density at radius 2 is 1.90 bits per heavy atom. The smallest absolute Gasteiger partial charge is 0.348 e. The van der Waals surface area contributed by atoms with E-state index in [0.717, 1.165) is 38.0 Å². The average molecular weight is 503 g/mol. The molecular weight excluding hydrogens is 476 g/mol. The Kier molecular flexibility index (Phi) is 8.17. The van der Waals surface area contributed by atoms with Gasteiger partial charge in [-0.05, 0) is 56.6 Å². The number of nitrogens with one attached hydrogen (secondary N) is 1. The van der Waals surface area contributed by atoms with E-state index in [0.29, 0.717) is 10.5 Å². The number of benzene rings is 1. The third kappa shape index (κ3) is 6.12. The minimum absolute atomic E-state index is 0.205. The van der Waals surface area contributed by atoms with Gasteiger partial charge in [0.1, 0.15) is 9.71 Å². The number of nitrogens with zero attached hydrogens (tertiary/aromatic N) is 3. The number of halogens is 1. The van der Waals surface area contributed by atoms with E-state index in [1.165, 1.54) is 32.4 Å². The number of rotatable bonds is 4. The molecule has 1 fully saturated rings. The highest BCUT2D eigenvalue weighted by atomic mass is 79.9. The third-order valence-electron chi connectivity index (χ3n) is 4.79. The minimum Gasteiger partial charge on any atom is -0.477 e. The number of hydrogen-bond acceptors (Lipinski definition) is 5. The number of thiophene rings is 1. The molecule has 4 rings (SSSR count). The third-order valence-corrected chi connectivity index (χ3v) is 6.38. The van der Waals surface area contributed by atoms with Gasteiger partial charge in [0.2, 0.25) is 0 Å². The predicted octanol–water partition coefficient (Wildman–Crippen LogP) is 5.71. The second kappa shape index (κ2) is 10.8. The molecule has 0 atom stereocenters. The van der Waals surface area contributed by atoms with Crippen LogP contribution in [-0.4, -0.2) is 54.5 Å². The minimum atomic E-state index is -0.988. The molecule has 0 unspecified atom stereocenters. The number of carboxylic acids is 1. The molecule has 6 nitrogen and oxygen atoms in total. The second-order valence-corrected chi connectivity index (χ2v) is 9.53. The van der Waals surface area contributed by atoms with Gasteiger partial charge in [0.15, 0.2) is 0 Å². The highest BCUT2D eigenvalue weighted by molar-refractivity contribution is 9.10. The molecule has 8 heteroatoms. The number of aliphatic imine (C=N–C) groups is 1. The number of fused-ring (bicyclic) bond motifs is 1. The Morgan fingerprint density at radius 1 is 1.23 bits per heavy atom. The van der Waals surface area contributed by atoms with Gasteiger partial charge in [-0.2, -0.15) is 0 Å². The molecule has 1 aliphatic heterocycles. The van der Waals surface area contributed by atoms with Crippen LogP contribution in [-0.2, 0) is 0 Å². The van der Waals surface area contributed by atoms with E-state index in [4.69, 9.17) is 0 Å². The van der Waals surface area contributed by atoms with Crippen LogP contribution in [0.5, 0.6) is 0 Å². The number of aromatic carboxylic acids is 1. The molecule has 0 amide bonds. The van der Waals surface area contributed by atoms with Crippen molar-refractivity contribution in [2.75, 3.05) is 27.2 Å². The van der Waals surface area contributed by atoms with Crippen molar-refractivity contribution < 1.29 is 9.90 Å². The van der Waals surface area contributed by atoms with Crippen LogP contribution in [0.15, 0.2) is 39.8 Å². The zero-order valence-electron chi connectivity index (χ0n) is 18.0. The number of aromatic nitrogens is 1. The van der Waals surface area contributed by atoms with E-state index >= 15 is 0 Å². The zero-order valence-corrected chi connectivity index (χ0v) is 20.4. The van der Waals surface area contributed by atoms with Crippen molar-refractivity contribution in [1.29, 1.82) is 0 Å². The van der Waals surface area contributed by atoms with Gasteiger partial charge in [0.05, 0.1) is 17.7 Å². The van der Waals surface area contributed by atoms with Gasteiger partial charge < -0.3 is 15.3 Å². The number of carboxylic acid groups (broad SMARTS) is 1. The van der Waals surface area contributed by atoms with E-state index < -0.39 is 5.97 Å². The molecule has 1 saturated heterocycles. The molecular formula is C23H27BrN4O2S. The van der Waals surface area contributed by atoms with Crippen LogP contribution in [0.1, 0.15) is 34.5 Å². The molecule has 164 valence electrons. The first-order valence-corrected chi connectivity index (χ1v) is 11.8. The summed E-state index contributed by atoms with van der Waals surface area (Å²) in [7, 11) is 3.69. The van der Waals surface area contributed by atoms with E-state index in [2.05, 4.69) is 31.2 Å². The van der Waals surface area contributed by atoms with Gasteiger partial charge in [-0.1, -0.05) is 34.5 Å². The Morgan fingerprint density at radius 3 is 2.42 bits per heavy atom. The summed E-state index contributed by atoms with van der Waals surface area (Å²) in [4.78, 5) is 23.3. The van der Waals surface area contributed by atoms with Crippen LogP contribution in [0, 0.1) is 6.92 Å². The first-order valence-electron chi connectivity index (χ1n) is 10.2. The molecule has 1 aromatic carbocycles. The van der Waals surface area contributed by atoms with Crippen LogP contribution in [0.3, 0.4) is 0 Å². The summed E-state index contributed by atoms with van der Waals surface area (Å²) >= 11 is 4.58. The van der Waals surface area contributed by atoms with Gasteiger partial charge in [0.25, 0.3) is 0 Å². The van der Waals surface area contributed by atoms with Crippen molar-refractivity contribution in [2.45, 2.75) is 26.2 Å². The number of pyridine rings is 1. The van der Waals surface area contributed by atoms with Gasteiger partial charge in [-0.3, -0.25) is 0 Å². The van der Waals surface area contributed by atoms with Gasteiger partial charge >= 0.3 is 5.97 Å². The number of carbonyl (C=O) groups is 1. The lowest BCUT2D eigenvalue weighted by atomic mass is 10.1. The molecule has 2 N–H and O–H groups in total. The number of hydrogen-bond donors (Lipinski definition) is 2. The fourth-order valence-corrected chi connectivity index (χ4v) is 4.58. The van der Waals surface area contributed by atoms with Crippen molar-refractivity contribution in [3.8, 4) is 11.3 Å². The van der Waals surface area contributed by atoms with E-state index in [1.54, 1.807) is 11.2 Å². The van der Waals surface area contributed by atoms with Crippen molar-refractivity contribution in [1.82, 2.24) is 15.2 Å². The normalized spacial score (nSPS) is 13.8.